The van der Waals surface area contributed by atoms with Crippen molar-refractivity contribution < 1.29 is 23.9 Å². The highest BCUT2D eigenvalue weighted by Gasteiger charge is 2.52. The highest BCUT2D eigenvalue weighted by Crippen LogP contribution is 2.36. The van der Waals surface area contributed by atoms with Crippen molar-refractivity contribution in [1.29, 1.82) is 0 Å². The number of rotatable bonds is 7. The molecule has 8 heteroatoms. The van der Waals surface area contributed by atoms with Crippen molar-refractivity contribution in [3.8, 4) is 11.5 Å². The Morgan fingerprint density at radius 3 is 2.83 bits per heavy atom. The summed E-state index contributed by atoms with van der Waals surface area (Å²) < 4.78 is 11.6. The van der Waals surface area contributed by atoms with Crippen molar-refractivity contribution in [1.82, 2.24) is 15.5 Å². The van der Waals surface area contributed by atoms with E-state index in [1.165, 1.54) is 4.90 Å². The molecule has 0 radical (unpaired) electrons. The Morgan fingerprint density at radius 1 is 1.33 bits per heavy atom. The Bertz CT molecular complexity index is 863. The summed E-state index contributed by atoms with van der Waals surface area (Å²) in [5.74, 6) is 1.16. The van der Waals surface area contributed by atoms with Crippen LogP contribution in [0.1, 0.15) is 57.1 Å². The molecule has 4 rings (SSSR count). The number of nitrogens with one attached hydrogen (secondary N) is 2. The summed E-state index contributed by atoms with van der Waals surface area (Å²) in [4.78, 5) is 38.5. The van der Waals surface area contributed by atoms with Crippen LogP contribution in [0.4, 0.5) is 4.79 Å². The number of benzene rings is 1. The molecule has 4 amide bonds. The number of ether oxygens (including phenoxy) is 2. The van der Waals surface area contributed by atoms with Crippen molar-refractivity contribution in [3.05, 3.63) is 23.3 Å². The fourth-order valence-electron chi connectivity index (χ4n) is 4.60. The van der Waals surface area contributed by atoms with Crippen LogP contribution in [0.2, 0.25) is 0 Å². The van der Waals surface area contributed by atoms with Crippen LogP contribution in [0.3, 0.4) is 0 Å². The van der Waals surface area contributed by atoms with Gasteiger partial charge in [0.2, 0.25) is 5.91 Å². The van der Waals surface area contributed by atoms with Crippen LogP contribution in [-0.2, 0) is 22.6 Å². The molecule has 1 spiro atoms. The fourth-order valence-corrected chi connectivity index (χ4v) is 4.60. The van der Waals surface area contributed by atoms with Gasteiger partial charge in [-0.25, -0.2) is 4.79 Å². The minimum atomic E-state index is -0.735. The van der Waals surface area contributed by atoms with Gasteiger partial charge in [0, 0.05) is 37.1 Å². The Labute approximate surface area is 176 Å². The molecule has 1 saturated heterocycles. The van der Waals surface area contributed by atoms with Gasteiger partial charge in [0.05, 0.1) is 6.61 Å². The van der Waals surface area contributed by atoms with Gasteiger partial charge in [0.25, 0.3) is 5.91 Å². The number of hydrogen-bond acceptors (Lipinski definition) is 5. The molecule has 0 bridgehead atoms. The van der Waals surface area contributed by atoms with Gasteiger partial charge < -0.3 is 20.1 Å². The Morgan fingerprint density at radius 2 is 2.10 bits per heavy atom. The van der Waals surface area contributed by atoms with Gasteiger partial charge in [0.15, 0.2) is 0 Å². The number of imide groups is 1. The number of hydrogen-bond donors (Lipinski definition) is 2. The van der Waals surface area contributed by atoms with Crippen molar-refractivity contribution in [2.45, 2.75) is 70.6 Å². The van der Waals surface area contributed by atoms with E-state index in [1.807, 2.05) is 26.0 Å². The van der Waals surface area contributed by atoms with Crippen LogP contribution < -0.4 is 20.1 Å². The van der Waals surface area contributed by atoms with Crippen LogP contribution in [0, 0.1) is 0 Å². The molecule has 30 heavy (non-hydrogen) atoms. The predicted molar refractivity (Wildman–Crippen MR) is 109 cm³/mol. The highest BCUT2D eigenvalue weighted by molar-refractivity contribution is 6.07. The maximum absolute atomic E-state index is 12.7. The first kappa shape index (κ1) is 20.5. The standard InChI is InChI=1S/C22H29N3O5/c1-3-29-17-11-15-10-14(2)30-18(15)12-16(17)13-23-19(26)6-9-25-20(27)22(24-21(25)28)7-4-5-8-22/h11-12,14H,3-10,13H2,1-2H3,(H,23,26)(H,24,28)/t14-/m1/s1. The van der Waals surface area contributed by atoms with Gasteiger partial charge in [-0.15, -0.1) is 0 Å². The van der Waals surface area contributed by atoms with Gasteiger partial charge in [-0.3, -0.25) is 14.5 Å². The maximum Gasteiger partial charge on any atom is 0.325 e. The summed E-state index contributed by atoms with van der Waals surface area (Å²) in [6, 6.07) is 3.52. The first-order valence-corrected chi connectivity index (χ1v) is 10.8. The molecule has 2 fully saturated rings. The summed E-state index contributed by atoms with van der Waals surface area (Å²) in [7, 11) is 0. The van der Waals surface area contributed by atoms with Crippen LogP contribution in [0.15, 0.2) is 12.1 Å². The van der Waals surface area contributed by atoms with Crippen molar-refractivity contribution in [2.75, 3.05) is 13.2 Å². The van der Waals surface area contributed by atoms with E-state index in [2.05, 4.69) is 10.6 Å². The molecule has 0 aromatic heterocycles. The van der Waals surface area contributed by atoms with E-state index in [9.17, 15) is 14.4 Å². The lowest BCUT2D eigenvalue weighted by molar-refractivity contribution is -0.131. The summed E-state index contributed by atoms with van der Waals surface area (Å²) in [6.07, 6.45) is 4.27. The molecule has 1 aromatic carbocycles. The molecular formula is C22H29N3O5. The Hall–Kier alpha value is -2.77. The zero-order valence-corrected chi connectivity index (χ0v) is 17.6. The van der Waals surface area contributed by atoms with Gasteiger partial charge in [-0.1, -0.05) is 12.8 Å². The van der Waals surface area contributed by atoms with E-state index < -0.39 is 11.6 Å². The number of carbonyl (C=O) groups is 3. The normalized spacial score (nSPS) is 21.5. The second kappa shape index (κ2) is 8.16. The minimum Gasteiger partial charge on any atom is -0.494 e. The third kappa shape index (κ3) is 3.82. The largest absolute Gasteiger partial charge is 0.494 e. The van der Waals surface area contributed by atoms with Gasteiger partial charge in [-0.05, 0) is 38.8 Å². The predicted octanol–water partition coefficient (Wildman–Crippen LogP) is 2.28. The maximum atomic E-state index is 12.7. The lowest BCUT2D eigenvalue weighted by Crippen LogP contribution is -2.44. The first-order chi connectivity index (χ1) is 14.4. The molecule has 1 aliphatic carbocycles. The topological polar surface area (TPSA) is 97.0 Å². The molecule has 2 N–H and O–H groups in total. The quantitative estimate of drug-likeness (QED) is 0.666. The zero-order chi connectivity index (χ0) is 21.3. The number of carbonyl (C=O) groups excluding carboxylic acids is 3. The van der Waals surface area contributed by atoms with E-state index in [0.717, 1.165) is 41.9 Å². The van der Waals surface area contributed by atoms with E-state index in [-0.39, 0.29) is 30.9 Å². The van der Waals surface area contributed by atoms with Crippen LogP contribution in [-0.4, -0.2) is 47.5 Å². The van der Waals surface area contributed by atoms with Crippen molar-refractivity contribution in [3.63, 3.8) is 0 Å². The lowest BCUT2D eigenvalue weighted by atomic mass is 9.98. The number of urea groups is 1. The van der Waals surface area contributed by atoms with Crippen LogP contribution in [0.25, 0.3) is 0 Å². The molecule has 0 unspecified atom stereocenters. The monoisotopic (exact) mass is 415 g/mol. The smallest absolute Gasteiger partial charge is 0.325 e. The third-order valence-electron chi connectivity index (χ3n) is 6.12. The van der Waals surface area contributed by atoms with E-state index in [4.69, 9.17) is 9.47 Å². The average molecular weight is 415 g/mol. The molecule has 2 heterocycles. The van der Waals surface area contributed by atoms with Crippen LogP contribution in [0.5, 0.6) is 11.5 Å². The molecular weight excluding hydrogens is 386 g/mol. The summed E-state index contributed by atoms with van der Waals surface area (Å²) in [5.41, 5.74) is 1.22. The molecule has 8 nitrogen and oxygen atoms in total. The van der Waals surface area contributed by atoms with Crippen molar-refractivity contribution >= 4 is 17.8 Å². The molecule has 162 valence electrons. The van der Waals surface area contributed by atoms with Gasteiger partial charge in [0.1, 0.15) is 23.1 Å². The highest BCUT2D eigenvalue weighted by atomic mass is 16.5. The second-order valence-electron chi connectivity index (χ2n) is 8.34. The molecule has 1 saturated carbocycles. The van der Waals surface area contributed by atoms with Gasteiger partial charge in [-0.2, -0.15) is 0 Å². The third-order valence-corrected chi connectivity index (χ3v) is 6.12. The number of nitrogens with zero attached hydrogens (tertiary/aromatic N) is 1. The van der Waals surface area contributed by atoms with E-state index in [1.54, 1.807) is 0 Å². The Balaban J connectivity index is 1.34. The van der Waals surface area contributed by atoms with Gasteiger partial charge >= 0.3 is 6.03 Å². The van der Waals surface area contributed by atoms with Crippen molar-refractivity contribution in [2.24, 2.45) is 0 Å². The number of fused-ring (bicyclic) bond motifs is 1. The summed E-state index contributed by atoms with van der Waals surface area (Å²) in [6.45, 7) is 4.85. The summed E-state index contributed by atoms with van der Waals surface area (Å²) >= 11 is 0. The van der Waals surface area contributed by atoms with E-state index >= 15 is 0 Å². The fraction of sp³-hybridized carbons (Fsp3) is 0.591. The summed E-state index contributed by atoms with van der Waals surface area (Å²) in [5, 5.41) is 5.71. The average Bonchev–Trinajstić information content (AvgIpc) is 3.37. The minimum absolute atomic E-state index is 0.0671. The van der Waals surface area contributed by atoms with Crippen LogP contribution >= 0.6 is 0 Å². The lowest BCUT2D eigenvalue weighted by Gasteiger charge is -2.20. The number of amides is 4. The first-order valence-electron chi connectivity index (χ1n) is 10.8. The molecule has 1 atom stereocenters. The second-order valence-corrected chi connectivity index (χ2v) is 8.34. The molecule has 3 aliphatic rings. The SMILES string of the molecule is CCOc1cc2c(cc1CNC(=O)CCN1C(=O)NC3(CCCC3)C1=O)O[C@H](C)C2. The molecule has 1 aromatic rings. The van der Waals surface area contributed by atoms with E-state index in [0.29, 0.717) is 26.0 Å². The zero-order valence-electron chi connectivity index (χ0n) is 17.6. The molecule has 2 aliphatic heterocycles. The Kier molecular flexibility index (Phi) is 5.58.